The Kier molecular flexibility index (Phi) is 3.37. The normalized spacial score (nSPS) is 17.2. The highest BCUT2D eigenvalue weighted by molar-refractivity contribution is 9.10. The van der Waals surface area contributed by atoms with E-state index in [0.29, 0.717) is 0 Å². The van der Waals surface area contributed by atoms with Gasteiger partial charge in [0.05, 0.1) is 10.4 Å². The van der Waals surface area contributed by atoms with Crippen LogP contribution < -0.4 is 10.2 Å². The second kappa shape index (κ2) is 4.47. The molecule has 88 valence electrons. The number of hydrogen-bond acceptors (Lipinski definition) is 3. The second-order valence-corrected chi connectivity index (χ2v) is 6.08. The number of carbonyl (C=O) groups excluding carboxylic acids is 1. The van der Waals surface area contributed by atoms with Crippen LogP contribution in [0.2, 0.25) is 0 Å². The van der Waals surface area contributed by atoms with Crippen molar-refractivity contribution in [1.29, 1.82) is 0 Å². The van der Waals surface area contributed by atoms with Gasteiger partial charge in [-0.2, -0.15) is 0 Å². The van der Waals surface area contributed by atoms with Gasteiger partial charge in [-0.1, -0.05) is 0 Å². The van der Waals surface area contributed by atoms with Gasteiger partial charge in [-0.3, -0.25) is 4.79 Å². The first kappa shape index (κ1) is 12.1. The van der Waals surface area contributed by atoms with E-state index in [-0.39, 0.29) is 11.3 Å². The van der Waals surface area contributed by atoms with E-state index in [1.165, 1.54) is 0 Å². The van der Waals surface area contributed by atoms with E-state index in [2.05, 4.69) is 21.2 Å². The van der Waals surface area contributed by atoms with E-state index in [0.717, 1.165) is 28.9 Å². The Labute approximate surface area is 108 Å². The average molecular weight is 303 g/mol. The smallest absolute Gasteiger partial charge is 0.234 e. The molecule has 1 aliphatic rings. The molecule has 1 amide bonds. The molecule has 16 heavy (non-hydrogen) atoms. The highest BCUT2D eigenvalue weighted by Gasteiger charge is 2.50. The Hall–Kier alpha value is -0.390. The van der Waals surface area contributed by atoms with Crippen molar-refractivity contribution in [3.05, 3.63) is 15.9 Å². The van der Waals surface area contributed by atoms with Crippen LogP contribution in [0.25, 0.3) is 0 Å². The summed E-state index contributed by atoms with van der Waals surface area (Å²) in [5, 5.41) is 6.11. The second-order valence-electron chi connectivity index (χ2n) is 4.28. The van der Waals surface area contributed by atoms with Crippen LogP contribution in [-0.2, 0) is 4.79 Å². The van der Waals surface area contributed by atoms with Gasteiger partial charge < -0.3 is 10.2 Å². The maximum Gasteiger partial charge on any atom is 0.234 e. The highest BCUT2D eigenvalue weighted by Crippen LogP contribution is 2.47. The first-order valence-corrected chi connectivity index (χ1v) is 6.93. The molecule has 3 nitrogen and oxygen atoms in total. The summed E-state index contributed by atoms with van der Waals surface area (Å²) in [6, 6.07) is 1.98. The molecule has 1 heterocycles. The van der Waals surface area contributed by atoms with Crippen molar-refractivity contribution in [2.75, 3.05) is 25.5 Å². The van der Waals surface area contributed by atoms with E-state index in [1.54, 1.807) is 16.2 Å². The Bertz CT molecular complexity index is 400. The molecule has 1 N–H and O–H groups in total. The largest absolute Gasteiger partial charge is 0.319 e. The van der Waals surface area contributed by atoms with Crippen molar-refractivity contribution in [3.8, 4) is 0 Å². The Balaban J connectivity index is 2.10. The molecule has 1 aliphatic carbocycles. The summed E-state index contributed by atoms with van der Waals surface area (Å²) in [4.78, 5) is 14.1. The standard InChI is InChI=1S/C11H15BrN2OS/c1-13-7-11(3-4-11)10(15)14(2)9-5-8(12)6-16-9/h5-6,13H,3-4,7H2,1-2H3. The fourth-order valence-electron chi connectivity index (χ4n) is 1.89. The lowest BCUT2D eigenvalue weighted by molar-refractivity contribution is -0.123. The molecule has 0 spiro atoms. The number of amides is 1. The van der Waals surface area contributed by atoms with Crippen molar-refractivity contribution in [2.24, 2.45) is 5.41 Å². The molecule has 0 aromatic carbocycles. The number of nitrogens with one attached hydrogen (secondary N) is 1. The summed E-state index contributed by atoms with van der Waals surface area (Å²) in [6.07, 6.45) is 2.01. The van der Waals surface area contributed by atoms with Gasteiger partial charge in [0.25, 0.3) is 0 Å². The van der Waals surface area contributed by atoms with Crippen LogP contribution in [0, 0.1) is 5.41 Å². The van der Waals surface area contributed by atoms with Crippen molar-refractivity contribution in [2.45, 2.75) is 12.8 Å². The first-order valence-electron chi connectivity index (χ1n) is 5.26. The fraction of sp³-hybridized carbons (Fsp3) is 0.545. The van der Waals surface area contributed by atoms with Gasteiger partial charge in [0.15, 0.2) is 0 Å². The molecule has 1 aromatic heterocycles. The van der Waals surface area contributed by atoms with Gasteiger partial charge in [0, 0.05) is 23.4 Å². The van der Waals surface area contributed by atoms with E-state index in [9.17, 15) is 4.79 Å². The maximum absolute atomic E-state index is 12.3. The van der Waals surface area contributed by atoms with E-state index >= 15 is 0 Å². The van der Waals surface area contributed by atoms with E-state index in [4.69, 9.17) is 0 Å². The zero-order valence-corrected chi connectivity index (χ0v) is 11.8. The van der Waals surface area contributed by atoms with Crippen LogP contribution >= 0.6 is 27.3 Å². The summed E-state index contributed by atoms with van der Waals surface area (Å²) in [7, 11) is 3.76. The van der Waals surface area contributed by atoms with Gasteiger partial charge in [-0.05, 0) is 41.9 Å². The number of halogens is 1. The monoisotopic (exact) mass is 302 g/mol. The Morgan fingerprint density at radius 1 is 1.69 bits per heavy atom. The van der Waals surface area contributed by atoms with Crippen LogP contribution in [0.1, 0.15) is 12.8 Å². The van der Waals surface area contributed by atoms with Gasteiger partial charge in [0.1, 0.15) is 0 Å². The summed E-state index contributed by atoms with van der Waals surface area (Å²) in [5.41, 5.74) is -0.139. The van der Waals surface area contributed by atoms with Gasteiger partial charge in [-0.25, -0.2) is 0 Å². The lowest BCUT2D eigenvalue weighted by Gasteiger charge is -2.21. The molecule has 0 saturated heterocycles. The summed E-state index contributed by atoms with van der Waals surface area (Å²) < 4.78 is 1.03. The molecule has 1 saturated carbocycles. The van der Waals surface area contributed by atoms with Gasteiger partial charge in [-0.15, -0.1) is 11.3 Å². The van der Waals surface area contributed by atoms with Crippen molar-refractivity contribution in [1.82, 2.24) is 5.32 Å². The molecule has 0 bridgehead atoms. The predicted molar refractivity (Wildman–Crippen MR) is 71.0 cm³/mol. The number of hydrogen-bond donors (Lipinski definition) is 1. The minimum Gasteiger partial charge on any atom is -0.319 e. The number of carbonyl (C=O) groups is 1. The third-order valence-corrected chi connectivity index (χ3v) is 4.78. The Morgan fingerprint density at radius 2 is 2.38 bits per heavy atom. The SMILES string of the molecule is CNCC1(C(=O)N(C)c2cc(Br)cs2)CC1. The Morgan fingerprint density at radius 3 is 2.81 bits per heavy atom. The zero-order valence-electron chi connectivity index (χ0n) is 9.42. The summed E-state index contributed by atoms with van der Waals surface area (Å²) in [6.45, 7) is 0.780. The van der Waals surface area contributed by atoms with Gasteiger partial charge >= 0.3 is 0 Å². The molecular formula is C11H15BrN2OS. The number of thiophene rings is 1. The lowest BCUT2D eigenvalue weighted by Crippen LogP contribution is -2.38. The van der Waals surface area contributed by atoms with Crippen molar-refractivity contribution in [3.63, 3.8) is 0 Å². The molecular weight excluding hydrogens is 288 g/mol. The number of anilines is 1. The van der Waals surface area contributed by atoms with Crippen LogP contribution in [-0.4, -0.2) is 26.5 Å². The average Bonchev–Trinajstić information content (AvgIpc) is 2.92. The van der Waals surface area contributed by atoms with E-state index in [1.807, 2.05) is 25.5 Å². The van der Waals surface area contributed by atoms with Gasteiger partial charge in [0.2, 0.25) is 5.91 Å². The molecule has 1 fully saturated rings. The van der Waals surface area contributed by atoms with Crippen LogP contribution in [0.4, 0.5) is 5.00 Å². The topological polar surface area (TPSA) is 32.3 Å². The maximum atomic E-state index is 12.3. The highest BCUT2D eigenvalue weighted by atomic mass is 79.9. The third-order valence-electron chi connectivity index (χ3n) is 3.01. The quantitative estimate of drug-likeness (QED) is 0.927. The molecule has 0 aliphatic heterocycles. The van der Waals surface area contributed by atoms with Crippen LogP contribution in [0.5, 0.6) is 0 Å². The molecule has 5 heteroatoms. The van der Waals surface area contributed by atoms with E-state index < -0.39 is 0 Å². The molecule has 0 radical (unpaired) electrons. The fourth-order valence-corrected chi connectivity index (χ4v) is 3.28. The minimum absolute atomic E-state index is 0.139. The predicted octanol–water partition coefficient (Wildman–Crippen LogP) is 2.47. The molecule has 0 unspecified atom stereocenters. The van der Waals surface area contributed by atoms with Crippen LogP contribution in [0.3, 0.4) is 0 Å². The summed E-state index contributed by atoms with van der Waals surface area (Å²) in [5.74, 6) is 0.233. The summed E-state index contributed by atoms with van der Waals surface area (Å²) >= 11 is 4.99. The number of rotatable bonds is 4. The van der Waals surface area contributed by atoms with Crippen molar-refractivity contribution >= 4 is 38.2 Å². The minimum atomic E-state index is -0.139. The van der Waals surface area contributed by atoms with Crippen LogP contribution in [0.15, 0.2) is 15.9 Å². The molecule has 2 rings (SSSR count). The molecule has 1 aromatic rings. The molecule has 0 atom stereocenters. The number of nitrogens with zero attached hydrogens (tertiary/aromatic N) is 1. The lowest BCUT2D eigenvalue weighted by atomic mass is 10.1. The first-order chi connectivity index (χ1) is 7.59. The third kappa shape index (κ3) is 2.17. The van der Waals surface area contributed by atoms with Crippen molar-refractivity contribution < 1.29 is 4.79 Å². The zero-order chi connectivity index (χ0) is 11.8.